The van der Waals surface area contributed by atoms with Crippen molar-refractivity contribution in [3.8, 4) is 11.3 Å². The van der Waals surface area contributed by atoms with Crippen LogP contribution in [0.2, 0.25) is 0 Å². The molecule has 1 radical (unpaired) electrons. The van der Waals surface area contributed by atoms with Gasteiger partial charge in [-0.1, -0.05) is 0 Å². The molecule has 0 bridgehead atoms. The topological polar surface area (TPSA) is 99.9 Å². The first kappa shape index (κ1) is 15.2. The first-order valence-electron chi connectivity index (χ1n) is 5.73. The van der Waals surface area contributed by atoms with Crippen LogP contribution >= 0.6 is 0 Å². The Hall–Kier alpha value is -2.20. The summed E-state index contributed by atoms with van der Waals surface area (Å²) in [6.07, 6.45) is -1.96. The maximum atomic E-state index is 12.8. The van der Waals surface area contributed by atoms with Crippen LogP contribution in [0, 0.1) is 0 Å². The molecule has 21 heavy (non-hydrogen) atoms. The average molecular weight is 296 g/mol. The molecule has 2 heterocycles. The van der Waals surface area contributed by atoms with Crippen LogP contribution in [0.5, 0.6) is 0 Å². The minimum absolute atomic E-state index is 0.0177. The molecule has 0 saturated heterocycles. The molecule has 0 aromatic carbocycles. The van der Waals surface area contributed by atoms with E-state index in [0.717, 1.165) is 7.48 Å². The van der Waals surface area contributed by atoms with Crippen LogP contribution in [-0.2, 0) is 10.8 Å². The molecular formula is C11H10BF3N5O. The molecule has 2 aromatic rings. The lowest BCUT2D eigenvalue weighted by atomic mass is 9.93. The lowest BCUT2D eigenvalue weighted by Gasteiger charge is -2.11. The van der Waals surface area contributed by atoms with Crippen molar-refractivity contribution < 1.29 is 17.8 Å². The summed E-state index contributed by atoms with van der Waals surface area (Å²) < 4.78 is 43.3. The molecular weight excluding hydrogens is 286 g/mol. The third-order valence-electron chi connectivity index (χ3n) is 2.43. The third kappa shape index (κ3) is 3.67. The van der Waals surface area contributed by atoms with Crippen LogP contribution in [0.3, 0.4) is 0 Å². The molecule has 4 N–H and O–H groups in total. The molecule has 0 spiro atoms. The maximum absolute atomic E-state index is 12.8. The summed E-state index contributed by atoms with van der Waals surface area (Å²) in [6.45, 7) is -0.182. The van der Waals surface area contributed by atoms with Gasteiger partial charge in [0.1, 0.15) is 0 Å². The number of rotatable bonds is 4. The van der Waals surface area contributed by atoms with Crippen LogP contribution in [-0.4, -0.2) is 29.2 Å². The molecule has 109 valence electrons. The Balaban J connectivity index is 2.52. The van der Waals surface area contributed by atoms with E-state index >= 15 is 0 Å². The predicted octanol–water partition coefficient (Wildman–Crippen LogP) is 0.317. The van der Waals surface area contributed by atoms with Gasteiger partial charge in [-0.25, -0.2) is 9.97 Å². The fraction of sp³-hybridized carbons (Fsp3) is 0.182. The number of hydrogen-bond donors (Lipinski definition) is 2. The zero-order valence-electron chi connectivity index (χ0n) is 10.6. The van der Waals surface area contributed by atoms with Gasteiger partial charge < -0.3 is 16.1 Å². The van der Waals surface area contributed by atoms with E-state index in [1.54, 1.807) is 0 Å². The van der Waals surface area contributed by atoms with Gasteiger partial charge in [-0.15, -0.1) is 0 Å². The summed E-state index contributed by atoms with van der Waals surface area (Å²) in [4.78, 5) is 10.6. The number of nitrogen functional groups attached to an aromatic ring is 1. The predicted molar refractivity (Wildman–Crippen MR) is 70.2 cm³/mol. The maximum Gasteiger partial charge on any atom is 0.451 e. The standard InChI is InChI=1S/C11H10BF3N5O/c13-11(14,15)10-19-8(3-9(20-10)12-21-5-16)6-1-2-18-4-7(6)17/h1-4H,5,16-17H2. The summed E-state index contributed by atoms with van der Waals surface area (Å²) in [5.74, 6) is -1.29. The van der Waals surface area contributed by atoms with Gasteiger partial charge in [0.25, 0.3) is 0 Å². The average Bonchev–Trinajstić information content (AvgIpc) is 2.44. The number of nitrogens with zero attached hydrogens (tertiary/aromatic N) is 3. The van der Waals surface area contributed by atoms with E-state index in [1.807, 2.05) is 0 Å². The largest absolute Gasteiger partial charge is 0.451 e. The molecule has 2 aromatic heterocycles. The Labute approximate surface area is 118 Å². The number of hydrogen-bond acceptors (Lipinski definition) is 6. The normalized spacial score (nSPS) is 11.4. The highest BCUT2D eigenvalue weighted by molar-refractivity contribution is 6.45. The van der Waals surface area contributed by atoms with Gasteiger partial charge in [0.15, 0.2) is 0 Å². The number of halogens is 3. The Morgan fingerprint density at radius 1 is 1.29 bits per heavy atom. The SMILES string of the molecule is NCO[B]c1cc(-c2ccncc2N)nc(C(F)(F)F)n1. The summed E-state index contributed by atoms with van der Waals surface area (Å²) in [6, 6.07) is 2.78. The molecule has 0 fully saturated rings. The summed E-state index contributed by atoms with van der Waals surface area (Å²) in [5.41, 5.74) is 11.3. The molecule has 0 aliphatic carbocycles. The van der Waals surface area contributed by atoms with Crippen molar-refractivity contribution in [1.29, 1.82) is 0 Å². The van der Waals surface area contributed by atoms with Crippen molar-refractivity contribution in [2.24, 2.45) is 5.73 Å². The van der Waals surface area contributed by atoms with Crippen molar-refractivity contribution in [3.63, 3.8) is 0 Å². The summed E-state index contributed by atoms with van der Waals surface area (Å²) >= 11 is 0. The molecule has 10 heteroatoms. The first-order valence-corrected chi connectivity index (χ1v) is 5.73. The Morgan fingerprint density at radius 2 is 2.05 bits per heavy atom. The quantitative estimate of drug-likeness (QED) is 0.622. The van der Waals surface area contributed by atoms with Gasteiger partial charge in [-0.2, -0.15) is 13.2 Å². The van der Waals surface area contributed by atoms with Crippen molar-refractivity contribution in [3.05, 3.63) is 30.4 Å². The molecule has 0 aliphatic rings. The molecule has 2 rings (SSSR count). The van der Waals surface area contributed by atoms with Crippen LogP contribution in [0.4, 0.5) is 18.9 Å². The highest BCUT2D eigenvalue weighted by Gasteiger charge is 2.35. The van der Waals surface area contributed by atoms with Gasteiger partial charge in [-0.3, -0.25) is 4.98 Å². The number of aromatic nitrogens is 3. The highest BCUT2D eigenvalue weighted by Crippen LogP contribution is 2.28. The number of anilines is 1. The first-order chi connectivity index (χ1) is 9.91. The van der Waals surface area contributed by atoms with Crippen LogP contribution in [0.25, 0.3) is 11.3 Å². The van der Waals surface area contributed by atoms with Gasteiger partial charge in [0.05, 0.1) is 24.3 Å². The number of alkyl halides is 3. The molecule has 6 nitrogen and oxygen atoms in total. The Morgan fingerprint density at radius 3 is 2.67 bits per heavy atom. The molecule has 0 amide bonds. The highest BCUT2D eigenvalue weighted by atomic mass is 19.4. The van der Waals surface area contributed by atoms with Crippen molar-refractivity contribution >= 4 is 18.8 Å². The third-order valence-corrected chi connectivity index (χ3v) is 2.43. The lowest BCUT2D eigenvalue weighted by Crippen LogP contribution is -2.28. The monoisotopic (exact) mass is 296 g/mol. The summed E-state index contributed by atoms with van der Waals surface area (Å²) in [5, 5.41) is 0. The minimum Gasteiger partial charge on any atom is -0.421 e. The van der Waals surface area contributed by atoms with E-state index in [-0.39, 0.29) is 23.7 Å². The molecule has 0 aliphatic heterocycles. The van der Waals surface area contributed by atoms with Crippen LogP contribution in [0.15, 0.2) is 24.5 Å². The van der Waals surface area contributed by atoms with Gasteiger partial charge in [0.2, 0.25) is 5.82 Å². The van der Waals surface area contributed by atoms with Crippen molar-refractivity contribution in [2.45, 2.75) is 6.18 Å². The zero-order valence-corrected chi connectivity index (χ0v) is 10.6. The Bertz CT molecular complexity index is 637. The van der Waals surface area contributed by atoms with E-state index in [0.29, 0.717) is 5.56 Å². The van der Waals surface area contributed by atoms with Crippen molar-refractivity contribution in [1.82, 2.24) is 15.0 Å². The van der Waals surface area contributed by atoms with E-state index in [1.165, 1.54) is 24.5 Å². The van der Waals surface area contributed by atoms with Gasteiger partial charge in [-0.05, 0) is 12.1 Å². The molecule has 0 atom stereocenters. The second-order valence-corrected chi connectivity index (χ2v) is 3.91. The van der Waals surface area contributed by atoms with E-state index in [2.05, 4.69) is 15.0 Å². The minimum atomic E-state index is -4.69. The van der Waals surface area contributed by atoms with Crippen molar-refractivity contribution in [2.75, 3.05) is 12.5 Å². The fourth-order valence-corrected chi connectivity index (χ4v) is 1.56. The molecule has 0 unspecified atom stereocenters. The summed E-state index contributed by atoms with van der Waals surface area (Å²) in [7, 11) is 1.03. The van der Waals surface area contributed by atoms with E-state index < -0.39 is 12.0 Å². The van der Waals surface area contributed by atoms with E-state index in [4.69, 9.17) is 16.1 Å². The number of nitrogens with two attached hydrogens (primary N) is 2. The smallest absolute Gasteiger partial charge is 0.421 e. The van der Waals surface area contributed by atoms with E-state index in [9.17, 15) is 13.2 Å². The number of pyridine rings is 1. The zero-order chi connectivity index (χ0) is 15.5. The van der Waals surface area contributed by atoms with Gasteiger partial charge >= 0.3 is 13.7 Å². The lowest BCUT2D eigenvalue weighted by molar-refractivity contribution is -0.144. The molecule has 0 saturated carbocycles. The van der Waals surface area contributed by atoms with Crippen LogP contribution < -0.4 is 17.1 Å². The van der Waals surface area contributed by atoms with Gasteiger partial charge in [0, 0.05) is 17.4 Å². The second-order valence-electron chi connectivity index (χ2n) is 3.91. The Kier molecular flexibility index (Phi) is 4.39. The van der Waals surface area contributed by atoms with Crippen LogP contribution in [0.1, 0.15) is 5.82 Å². The fourth-order valence-electron chi connectivity index (χ4n) is 1.56. The second kappa shape index (κ2) is 6.06.